The number of sulfonamides is 1. The summed E-state index contributed by atoms with van der Waals surface area (Å²) < 4.78 is 37.6. The van der Waals surface area contributed by atoms with Crippen molar-refractivity contribution in [2.75, 3.05) is 18.1 Å². The molecule has 0 aliphatic rings. The van der Waals surface area contributed by atoms with Crippen molar-refractivity contribution in [3.63, 3.8) is 0 Å². The molecule has 1 unspecified atom stereocenters. The molecule has 5 nitrogen and oxygen atoms in total. The zero-order valence-corrected chi connectivity index (χ0v) is 12.9. The molecule has 0 bridgehead atoms. The summed E-state index contributed by atoms with van der Waals surface area (Å²) in [4.78, 5) is 0.00801. The Kier molecular flexibility index (Phi) is 6.41. The number of nitrogens with two attached hydrogens (primary N) is 1. The lowest BCUT2D eigenvalue weighted by Crippen LogP contribution is -2.28. The summed E-state index contributed by atoms with van der Waals surface area (Å²) in [6.07, 6.45) is 0. The van der Waals surface area contributed by atoms with E-state index in [1.807, 2.05) is 0 Å². The van der Waals surface area contributed by atoms with Gasteiger partial charge >= 0.3 is 0 Å². The van der Waals surface area contributed by atoms with Crippen LogP contribution in [0.25, 0.3) is 0 Å². The SMILES string of the molecule is CCS(=O)CCNS(=O)(=O)c1ccc(CN)cc1Cl. The second-order valence-electron chi connectivity index (χ2n) is 3.80. The van der Waals surface area contributed by atoms with Gasteiger partial charge in [0.05, 0.1) is 5.02 Å². The van der Waals surface area contributed by atoms with Gasteiger partial charge in [-0.15, -0.1) is 0 Å². The fourth-order valence-electron chi connectivity index (χ4n) is 1.40. The van der Waals surface area contributed by atoms with Crippen LogP contribution < -0.4 is 10.5 Å². The van der Waals surface area contributed by atoms with Crippen LogP contribution in [-0.2, 0) is 27.4 Å². The van der Waals surface area contributed by atoms with E-state index in [9.17, 15) is 12.6 Å². The highest BCUT2D eigenvalue weighted by Gasteiger charge is 2.17. The Hall–Kier alpha value is -0.470. The lowest BCUT2D eigenvalue weighted by Gasteiger charge is -2.09. The Morgan fingerprint density at radius 2 is 2.11 bits per heavy atom. The summed E-state index contributed by atoms with van der Waals surface area (Å²) in [5.41, 5.74) is 6.21. The maximum Gasteiger partial charge on any atom is 0.242 e. The van der Waals surface area contributed by atoms with E-state index in [-0.39, 0.29) is 22.2 Å². The Balaban J connectivity index is 2.80. The number of nitrogens with one attached hydrogen (secondary N) is 1. The van der Waals surface area contributed by atoms with Crippen molar-refractivity contribution < 1.29 is 12.6 Å². The van der Waals surface area contributed by atoms with E-state index >= 15 is 0 Å². The summed E-state index contributed by atoms with van der Waals surface area (Å²) in [7, 11) is -4.68. The van der Waals surface area contributed by atoms with Crippen molar-refractivity contribution >= 4 is 32.4 Å². The molecule has 1 aromatic rings. The maximum absolute atomic E-state index is 12.0. The molecule has 1 atom stereocenters. The molecule has 0 radical (unpaired) electrons. The van der Waals surface area contributed by atoms with Crippen molar-refractivity contribution in [3.8, 4) is 0 Å². The third-order valence-electron chi connectivity index (χ3n) is 2.47. The molecule has 0 heterocycles. The number of rotatable bonds is 7. The molecule has 0 fully saturated rings. The molecule has 0 aromatic heterocycles. The van der Waals surface area contributed by atoms with Crippen LogP contribution in [0.2, 0.25) is 5.02 Å². The molecule has 0 saturated heterocycles. The molecule has 8 heteroatoms. The minimum absolute atomic E-state index is 0.00801. The van der Waals surface area contributed by atoms with Crippen LogP contribution in [0.5, 0.6) is 0 Å². The standard InChI is InChI=1S/C11H17ClN2O3S2/c1-2-18(15)6-5-14-19(16,17)11-4-3-9(8-13)7-10(11)12/h3-4,7,14H,2,5-6,8,13H2,1H3. The lowest BCUT2D eigenvalue weighted by molar-refractivity contribution is 0.584. The van der Waals surface area contributed by atoms with Crippen LogP contribution in [0.1, 0.15) is 12.5 Å². The Labute approximate surface area is 121 Å². The van der Waals surface area contributed by atoms with E-state index in [1.54, 1.807) is 13.0 Å². The van der Waals surface area contributed by atoms with Gasteiger partial charge in [0.2, 0.25) is 10.0 Å². The quantitative estimate of drug-likeness (QED) is 0.778. The van der Waals surface area contributed by atoms with Gasteiger partial charge in [0, 0.05) is 35.4 Å². The first-order valence-electron chi connectivity index (χ1n) is 5.74. The summed E-state index contributed by atoms with van der Waals surface area (Å²) in [6.45, 7) is 2.20. The van der Waals surface area contributed by atoms with Crippen molar-refractivity contribution in [3.05, 3.63) is 28.8 Å². The number of hydrogen-bond donors (Lipinski definition) is 2. The molecular weight excluding hydrogens is 308 g/mol. The van der Waals surface area contributed by atoms with Crippen molar-refractivity contribution in [1.82, 2.24) is 4.72 Å². The van der Waals surface area contributed by atoms with E-state index in [1.165, 1.54) is 12.1 Å². The van der Waals surface area contributed by atoms with Crippen LogP contribution >= 0.6 is 11.6 Å². The summed E-state index contributed by atoms with van der Waals surface area (Å²) in [5, 5.41) is 0.132. The Morgan fingerprint density at radius 3 is 2.63 bits per heavy atom. The van der Waals surface area contributed by atoms with Gasteiger partial charge in [-0.05, 0) is 17.7 Å². The largest absolute Gasteiger partial charge is 0.326 e. The predicted molar refractivity (Wildman–Crippen MR) is 78.1 cm³/mol. The van der Waals surface area contributed by atoms with E-state index in [2.05, 4.69) is 4.72 Å². The van der Waals surface area contributed by atoms with Gasteiger partial charge in [0.1, 0.15) is 4.90 Å². The molecular formula is C11H17ClN2O3S2. The van der Waals surface area contributed by atoms with Crippen LogP contribution in [0.3, 0.4) is 0 Å². The zero-order chi connectivity index (χ0) is 14.5. The molecule has 0 spiro atoms. The second kappa shape index (κ2) is 7.35. The molecule has 19 heavy (non-hydrogen) atoms. The molecule has 1 aromatic carbocycles. The predicted octanol–water partition coefficient (Wildman–Crippen LogP) is 0.846. The van der Waals surface area contributed by atoms with Gasteiger partial charge in [-0.2, -0.15) is 0 Å². The van der Waals surface area contributed by atoms with E-state index in [4.69, 9.17) is 17.3 Å². The van der Waals surface area contributed by atoms with Gasteiger partial charge in [-0.1, -0.05) is 24.6 Å². The maximum atomic E-state index is 12.0. The molecule has 0 saturated carbocycles. The van der Waals surface area contributed by atoms with Crippen molar-refractivity contribution in [2.45, 2.75) is 18.4 Å². The van der Waals surface area contributed by atoms with Gasteiger partial charge in [-0.3, -0.25) is 4.21 Å². The summed E-state index contributed by atoms with van der Waals surface area (Å²) in [6, 6.07) is 4.56. The smallest absolute Gasteiger partial charge is 0.242 e. The van der Waals surface area contributed by atoms with Gasteiger partial charge in [0.25, 0.3) is 0 Å². The van der Waals surface area contributed by atoms with E-state index in [0.29, 0.717) is 12.3 Å². The molecule has 108 valence electrons. The van der Waals surface area contributed by atoms with Crippen molar-refractivity contribution in [1.29, 1.82) is 0 Å². The average molecular weight is 325 g/mol. The number of hydrogen-bond acceptors (Lipinski definition) is 4. The summed E-state index contributed by atoms with van der Waals surface area (Å²) >= 11 is 5.93. The third kappa shape index (κ3) is 4.85. The van der Waals surface area contributed by atoms with Crippen LogP contribution in [0, 0.1) is 0 Å². The van der Waals surface area contributed by atoms with Crippen LogP contribution in [-0.4, -0.2) is 30.7 Å². The molecule has 3 N–H and O–H groups in total. The van der Waals surface area contributed by atoms with Gasteiger partial charge in [0.15, 0.2) is 0 Å². The van der Waals surface area contributed by atoms with Crippen LogP contribution in [0.15, 0.2) is 23.1 Å². The second-order valence-corrected chi connectivity index (χ2v) is 7.81. The Bertz CT molecular complexity index is 561. The molecule has 0 aliphatic carbocycles. The highest BCUT2D eigenvalue weighted by molar-refractivity contribution is 7.89. The van der Waals surface area contributed by atoms with Gasteiger partial charge in [-0.25, -0.2) is 13.1 Å². The highest BCUT2D eigenvalue weighted by atomic mass is 35.5. The monoisotopic (exact) mass is 324 g/mol. The first-order chi connectivity index (χ1) is 8.90. The zero-order valence-electron chi connectivity index (χ0n) is 10.6. The highest BCUT2D eigenvalue weighted by Crippen LogP contribution is 2.22. The number of benzene rings is 1. The van der Waals surface area contributed by atoms with Gasteiger partial charge < -0.3 is 5.73 Å². The normalized spacial score (nSPS) is 13.4. The lowest BCUT2D eigenvalue weighted by atomic mass is 10.2. The first-order valence-corrected chi connectivity index (χ1v) is 9.08. The molecule has 1 rings (SSSR count). The van der Waals surface area contributed by atoms with E-state index < -0.39 is 20.8 Å². The van der Waals surface area contributed by atoms with Crippen molar-refractivity contribution in [2.24, 2.45) is 5.73 Å². The average Bonchev–Trinajstić information content (AvgIpc) is 2.37. The first kappa shape index (κ1) is 16.6. The Morgan fingerprint density at radius 1 is 1.42 bits per heavy atom. The molecule has 0 amide bonds. The minimum atomic E-state index is -3.68. The molecule has 0 aliphatic heterocycles. The number of halogens is 1. The van der Waals surface area contributed by atoms with E-state index in [0.717, 1.165) is 5.56 Å². The fraction of sp³-hybridized carbons (Fsp3) is 0.455. The summed E-state index contributed by atoms with van der Waals surface area (Å²) in [5.74, 6) is 0.794. The fourth-order valence-corrected chi connectivity index (χ4v) is 3.75. The van der Waals surface area contributed by atoms with Crippen LogP contribution in [0.4, 0.5) is 0 Å². The minimum Gasteiger partial charge on any atom is -0.326 e. The topological polar surface area (TPSA) is 89.3 Å². The third-order valence-corrected chi connectivity index (χ3v) is 5.71.